The fourth-order valence-corrected chi connectivity index (χ4v) is 1.67. The molecule has 114 valence electrons. The Bertz CT molecular complexity index is 527. The molecule has 0 fully saturated rings. The largest absolute Gasteiger partial charge is 0.459 e. The zero-order valence-corrected chi connectivity index (χ0v) is 13.6. The predicted molar refractivity (Wildman–Crippen MR) is 85.7 cm³/mol. The van der Waals surface area contributed by atoms with Crippen molar-refractivity contribution in [3.63, 3.8) is 0 Å². The molecule has 1 rings (SSSR count). The second-order valence-corrected chi connectivity index (χ2v) is 6.47. The van der Waals surface area contributed by atoms with Crippen molar-refractivity contribution in [1.82, 2.24) is 0 Å². The van der Waals surface area contributed by atoms with Gasteiger partial charge in [-0.2, -0.15) is 0 Å². The second kappa shape index (κ2) is 7.28. The molecule has 0 bridgehead atoms. The van der Waals surface area contributed by atoms with Crippen LogP contribution < -0.4 is 5.73 Å². The summed E-state index contributed by atoms with van der Waals surface area (Å²) in [6.45, 7) is 9.61. The fraction of sp³-hybridized carbons (Fsp3) is 0.500. The minimum Gasteiger partial charge on any atom is -0.459 e. The summed E-state index contributed by atoms with van der Waals surface area (Å²) in [5, 5.41) is 0. The first-order valence-corrected chi connectivity index (χ1v) is 7.26. The highest BCUT2D eigenvalue weighted by Gasteiger charge is 2.22. The summed E-state index contributed by atoms with van der Waals surface area (Å²) in [7, 11) is 0. The minimum atomic E-state index is -0.642. The third-order valence-corrected chi connectivity index (χ3v) is 2.62. The molecule has 0 aromatic heterocycles. The van der Waals surface area contributed by atoms with E-state index < -0.39 is 11.6 Å². The van der Waals surface area contributed by atoms with Crippen LogP contribution in [-0.2, 0) is 16.0 Å². The van der Waals surface area contributed by atoms with Crippen molar-refractivity contribution in [3.05, 3.63) is 35.4 Å². The van der Waals surface area contributed by atoms with Crippen LogP contribution in [0, 0.1) is 17.8 Å². The van der Waals surface area contributed by atoms with E-state index >= 15 is 0 Å². The van der Waals surface area contributed by atoms with Gasteiger partial charge in [-0.25, -0.2) is 0 Å². The maximum atomic E-state index is 11.8. The molecule has 2 N–H and O–H groups in total. The third-order valence-electron chi connectivity index (χ3n) is 2.62. The van der Waals surface area contributed by atoms with E-state index in [1.165, 1.54) is 0 Å². The Balaban J connectivity index is 2.64. The van der Waals surface area contributed by atoms with Crippen molar-refractivity contribution < 1.29 is 9.53 Å². The highest BCUT2D eigenvalue weighted by atomic mass is 16.6. The molecule has 0 saturated carbocycles. The highest BCUT2D eigenvalue weighted by molar-refractivity contribution is 5.76. The number of carbonyl (C=O) groups is 1. The topological polar surface area (TPSA) is 52.3 Å². The van der Waals surface area contributed by atoms with Gasteiger partial charge in [-0.3, -0.25) is 4.79 Å². The highest BCUT2D eigenvalue weighted by Crippen LogP contribution is 2.11. The number of rotatable bonds is 3. The van der Waals surface area contributed by atoms with E-state index in [0.717, 1.165) is 11.1 Å². The first-order valence-electron chi connectivity index (χ1n) is 7.26. The molecule has 0 aliphatic carbocycles. The summed E-state index contributed by atoms with van der Waals surface area (Å²) >= 11 is 0. The molecule has 21 heavy (non-hydrogen) atoms. The zero-order valence-electron chi connectivity index (χ0n) is 13.6. The normalized spacial score (nSPS) is 12.5. The number of benzene rings is 1. The van der Waals surface area contributed by atoms with Crippen molar-refractivity contribution in [2.75, 3.05) is 0 Å². The number of hydrogen-bond acceptors (Lipinski definition) is 3. The fourth-order valence-electron chi connectivity index (χ4n) is 1.67. The van der Waals surface area contributed by atoms with E-state index in [0.29, 0.717) is 12.3 Å². The summed E-state index contributed by atoms with van der Waals surface area (Å²) in [6, 6.07) is 7.17. The molecule has 0 saturated heterocycles. The van der Waals surface area contributed by atoms with Gasteiger partial charge in [0.15, 0.2) is 0 Å². The Kier molecular flexibility index (Phi) is 5.99. The first-order chi connectivity index (χ1) is 9.67. The minimum absolute atomic E-state index is 0.352. The Morgan fingerprint density at radius 2 is 1.81 bits per heavy atom. The van der Waals surface area contributed by atoms with Gasteiger partial charge in [-0.1, -0.05) is 37.8 Å². The van der Waals surface area contributed by atoms with E-state index in [2.05, 4.69) is 25.7 Å². The molecule has 1 aromatic carbocycles. The summed E-state index contributed by atoms with van der Waals surface area (Å²) in [6.07, 6.45) is 0.465. The van der Waals surface area contributed by atoms with E-state index in [4.69, 9.17) is 10.5 Å². The second-order valence-electron chi connectivity index (χ2n) is 6.47. The van der Waals surface area contributed by atoms with Gasteiger partial charge in [0, 0.05) is 11.5 Å². The average molecular weight is 287 g/mol. The molecule has 0 spiro atoms. The maximum absolute atomic E-state index is 11.8. The molecule has 0 radical (unpaired) electrons. The van der Waals surface area contributed by atoms with Crippen LogP contribution in [0.5, 0.6) is 0 Å². The lowest BCUT2D eigenvalue weighted by molar-refractivity contribution is -0.156. The van der Waals surface area contributed by atoms with Gasteiger partial charge in [0.25, 0.3) is 0 Å². The van der Waals surface area contributed by atoms with Gasteiger partial charge in [0.2, 0.25) is 0 Å². The molecule has 0 heterocycles. The maximum Gasteiger partial charge on any atom is 0.323 e. The van der Waals surface area contributed by atoms with Crippen molar-refractivity contribution in [1.29, 1.82) is 0 Å². The van der Waals surface area contributed by atoms with Gasteiger partial charge in [0.05, 0.1) is 0 Å². The lowest BCUT2D eigenvalue weighted by atomic mass is 10.0. The van der Waals surface area contributed by atoms with Gasteiger partial charge < -0.3 is 10.5 Å². The van der Waals surface area contributed by atoms with Crippen molar-refractivity contribution >= 4 is 5.97 Å². The number of hydrogen-bond donors (Lipinski definition) is 1. The molecule has 0 amide bonds. The van der Waals surface area contributed by atoms with Crippen LogP contribution in [0.1, 0.15) is 45.7 Å². The predicted octanol–water partition coefficient (Wildman–Crippen LogP) is 2.91. The van der Waals surface area contributed by atoms with Gasteiger partial charge in [0.1, 0.15) is 11.6 Å². The lowest BCUT2D eigenvalue weighted by Gasteiger charge is -2.22. The Morgan fingerprint density at radius 3 is 2.29 bits per heavy atom. The van der Waals surface area contributed by atoms with Crippen LogP contribution in [-0.4, -0.2) is 17.6 Å². The van der Waals surface area contributed by atoms with E-state index in [1.54, 1.807) is 0 Å². The van der Waals surface area contributed by atoms with Crippen molar-refractivity contribution in [2.24, 2.45) is 11.7 Å². The molecule has 3 nitrogen and oxygen atoms in total. The van der Waals surface area contributed by atoms with Gasteiger partial charge in [-0.15, -0.1) is 0 Å². The summed E-state index contributed by atoms with van der Waals surface area (Å²) in [4.78, 5) is 11.8. The van der Waals surface area contributed by atoms with Crippen LogP contribution in [0.3, 0.4) is 0 Å². The molecular weight excluding hydrogens is 262 g/mol. The molecule has 0 aliphatic heterocycles. The van der Waals surface area contributed by atoms with E-state index in [1.807, 2.05) is 45.0 Å². The lowest BCUT2D eigenvalue weighted by Crippen LogP contribution is -2.38. The summed E-state index contributed by atoms with van der Waals surface area (Å²) < 4.78 is 5.27. The molecule has 3 heteroatoms. The van der Waals surface area contributed by atoms with Crippen molar-refractivity contribution in [3.8, 4) is 11.8 Å². The molecule has 0 aliphatic rings. The molecular formula is C18H25NO2. The van der Waals surface area contributed by atoms with Crippen LogP contribution >= 0.6 is 0 Å². The monoisotopic (exact) mass is 287 g/mol. The first kappa shape index (κ1) is 17.3. The zero-order chi connectivity index (χ0) is 16.0. The van der Waals surface area contributed by atoms with Gasteiger partial charge in [-0.05, 0) is 44.9 Å². The molecule has 1 unspecified atom stereocenters. The Hall–Kier alpha value is -1.79. The van der Waals surface area contributed by atoms with Crippen LogP contribution in [0.2, 0.25) is 0 Å². The quantitative estimate of drug-likeness (QED) is 0.687. The van der Waals surface area contributed by atoms with Crippen LogP contribution in [0.25, 0.3) is 0 Å². The standard InChI is InChI=1S/C18H25NO2/c1-13(2)6-7-14-8-10-15(11-9-14)12-16(19)17(20)21-18(3,4)5/h8-11,13,16H,12,19H2,1-5H3. The van der Waals surface area contributed by atoms with Crippen molar-refractivity contribution in [2.45, 2.75) is 52.7 Å². The number of carbonyl (C=O) groups excluding carboxylic acids is 1. The van der Waals surface area contributed by atoms with E-state index in [9.17, 15) is 4.79 Å². The molecule has 1 atom stereocenters. The molecule has 1 aromatic rings. The summed E-state index contributed by atoms with van der Waals surface area (Å²) in [5.41, 5.74) is 7.36. The number of nitrogens with two attached hydrogens (primary N) is 1. The van der Waals surface area contributed by atoms with Gasteiger partial charge >= 0.3 is 5.97 Å². The average Bonchev–Trinajstić information content (AvgIpc) is 2.35. The Labute approximate surface area is 127 Å². The Morgan fingerprint density at radius 1 is 1.24 bits per heavy atom. The van der Waals surface area contributed by atoms with E-state index in [-0.39, 0.29) is 5.97 Å². The van der Waals surface area contributed by atoms with Crippen LogP contribution in [0.4, 0.5) is 0 Å². The smallest absolute Gasteiger partial charge is 0.323 e. The van der Waals surface area contributed by atoms with Crippen LogP contribution in [0.15, 0.2) is 24.3 Å². The summed E-state index contributed by atoms with van der Waals surface area (Å²) in [5.74, 6) is 6.21. The number of ether oxygens (including phenoxy) is 1. The number of esters is 1. The third kappa shape index (κ3) is 6.97. The SMILES string of the molecule is CC(C)C#Cc1ccc(CC(N)C(=O)OC(C)(C)C)cc1.